The number of benzene rings is 1. The quantitative estimate of drug-likeness (QED) is 0.385. The number of rotatable bonds is 5. The Labute approximate surface area is 219 Å². The highest BCUT2D eigenvalue weighted by atomic mass is 35.5. The van der Waals surface area contributed by atoms with Gasteiger partial charge in [0, 0.05) is 50.6 Å². The van der Waals surface area contributed by atoms with Crippen LogP contribution in [0.4, 0.5) is 5.69 Å². The van der Waals surface area contributed by atoms with E-state index in [-0.39, 0.29) is 17.7 Å². The summed E-state index contributed by atoms with van der Waals surface area (Å²) in [5.74, 6) is 0.386. The third-order valence-corrected chi connectivity index (χ3v) is 7.80. The van der Waals surface area contributed by atoms with E-state index in [1.54, 1.807) is 15.6 Å². The van der Waals surface area contributed by atoms with Crippen molar-refractivity contribution >= 4 is 22.5 Å². The first-order chi connectivity index (χ1) is 18.0. The molecule has 1 saturated heterocycles. The van der Waals surface area contributed by atoms with Crippen LogP contribution in [0.1, 0.15) is 52.1 Å². The van der Waals surface area contributed by atoms with Crippen molar-refractivity contribution in [3.05, 3.63) is 65.1 Å². The SMILES string of the molecule is Cc1nnn(C)c1-c1ccnc2c1NC(C(c1ccccc1)C1CCOCC1)c1c(C(=O)Cl)nn(C)c1-2. The number of nitrogens with one attached hydrogen (secondary N) is 1. The Kier molecular flexibility index (Phi) is 6.04. The molecule has 37 heavy (non-hydrogen) atoms. The van der Waals surface area contributed by atoms with Gasteiger partial charge < -0.3 is 10.1 Å². The molecule has 2 aliphatic rings. The van der Waals surface area contributed by atoms with E-state index in [9.17, 15) is 4.79 Å². The average Bonchev–Trinajstić information content (AvgIpc) is 3.44. The highest BCUT2D eigenvalue weighted by Gasteiger charge is 2.42. The molecule has 4 aromatic rings. The number of pyridine rings is 1. The molecule has 0 amide bonds. The van der Waals surface area contributed by atoms with Gasteiger partial charge in [-0.15, -0.1) is 5.10 Å². The summed E-state index contributed by atoms with van der Waals surface area (Å²) in [4.78, 5) is 17.4. The molecule has 5 heterocycles. The minimum absolute atomic E-state index is 0.0507. The molecule has 0 saturated carbocycles. The first-order valence-electron chi connectivity index (χ1n) is 12.5. The van der Waals surface area contributed by atoms with Crippen molar-refractivity contribution in [3.8, 4) is 22.6 Å². The molecule has 2 atom stereocenters. The molecule has 190 valence electrons. The second kappa shape index (κ2) is 9.39. The number of carbonyl (C=O) groups excluding carboxylic acids is 1. The van der Waals surface area contributed by atoms with Gasteiger partial charge in [0.2, 0.25) is 0 Å². The Hall–Kier alpha value is -3.56. The van der Waals surface area contributed by atoms with Gasteiger partial charge in [-0.1, -0.05) is 35.5 Å². The monoisotopic (exact) mass is 517 g/mol. The summed E-state index contributed by atoms with van der Waals surface area (Å²) in [6.45, 7) is 3.38. The topological polar surface area (TPSA) is 99.8 Å². The van der Waals surface area contributed by atoms with Crippen LogP contribution in [-0.4, -0.2) is 48.2 Å². The zero-order valence-corrected chi connectivity index (χ0v) is 21.7. The van der Waals surface area contributed by atoms with E-state index in [1.807, 2.05) is 33.2 Å². The van der Waals surface area contributed by atoms with E-state index in [1.165, 1.54) is 5.56 Å². The van der Waals surface area contributed by atoms with E-state index in [2.05, 4.69) is 45.0 Å². The summed E-state index contributed by atoms with van der Waals surface area (Å²) in [6, 6.07) is 12.2. The van der Waals surface area contributed by atoms with Crippen molar-refractivity contribution in [3.63, 3.8) is 0 Å². The number of ether oxygens (including phenoxy) is 1. The zero-order chi connectivity index (χ0) is 25.7. The second-order valence-electron chi connectivity index (χ2n) is 9.75. The molecule has 2 aliphatic heterocycles. The molecule has 1 fully saturated rings. The van der Waals surface area contributed by atoms with E-state index >= 15 is 0 Å². The van der Waals surface area contributed by atoms with Crippen LogP contribution in [0.25, 0.3) is 22.6 Å². The van der Waals surface area contributed by atoms with Gasteiger partial charge in [-0.25, -0.2) is 4.68 Å². The molecule has 9 nitrogen and oxygen atoms in total. The molecule has 6 rings (SSSR count). The zero-order valence-electron chi connectivity index (χ0n) is 21.0. The highest BCUT2D eigenvalue weighted by molar-refractivity contribution is 6.67. The van der Waals surface area contributed by atoms with Crippen molar-refractivity contribution in [2.45, 2.75) is 31.7 Å². The lowest BCUT2D eigenvalue weighted by Crippen LogP contribution is -2.32. The second-order valence-corrected chi connectivity index (χ2v) is 10.1. The molecule has 1 aromatic carbocycles. The molecule has 0 aliphatic carbocycles. The third-order valence-electron chi connectivity index (χ3n) is 7.62. The van der Waals surface area contributed by atoms with Crippen LogP contribution in [0.3, 0.4) is 0 Å². The van der Waals surface area contributed by atoms with Gasteiger partial charge in [0.05, 0.1) is 28.8 Å². The minimum atomic E-state index is -0.575. The number of hydrogen-bond donors (Lipinski definition) is 1. The van der Waals surface area contributed by atoms with E-state index < -0.39 is 5.24 Å². The lowest BCUT2D eigenvalue weighted by molar-refractivity contribution is 0.0553. The molecule has 2 unspecified atom stereocenters. The normalized spacial score (nSPS) is 18.1. The number of aromatic nitrogens is 6. The number of hydrogen-bond acceptors (Lipinski definition) is 7. The van der Waals surface area contributed by atoms with Crippen LogP contribution >= 0.6 is 11.6 Å². The van der Waals surface area contributed by atoms with Crippen LogP contribution < -0.4 is 5.32 Å². The van der Waals surface area contributed by atoms with Crippen LogP contribution in [0.15, 0.2) is 42.6 Å². The molecule has 3 aromatic heterocycles. The molecule has 0 bridgehead atoms. The van der Waals surface area contributed by atoms with Gasteiger partial charge in [0.1, 0.15) is 5.69 Å². The maximum absolute atomic E-state index is 12.7. The van der Waals surface area contributed by atoms with Gasteiger partial charge in [-0.05, 0) is 48.9 Å². The maximum Gasteiger partial charge on any atom is 0.273 e. The van der Waals surface area contributed by atoms with Gasteiger partial charge in [0.15, 0.2) is 5.69 Å². The van der Waals surface area contributed by atoms with Gasteiger partial charge >= 0.3 is 0 Å². The fraction of sp³-hybridized carbons (Fsp3) is 0.370. The van der Waals surface area contributed by atoms with E-state index in [0.29, 0.717) is 19.1 Å². The lowest BCUT2D eigenvalue weighted by Gasteiger charge is -2.40. The fourth-order valence-corrected chi connectivity index (χ4v) is 6.20. The smallest absolute Gasteiger partial charge is 0.273 e. The Bertz CT molecular complexity index is 1450. The number of halogens is 1. The van der Waals surface area contributed by atoms with Gasteiger partial charge in [0.25, 0.3) is 5.24 Å². The van der Waals surface area contributed by atoms with Crippen molar-refractivity contribution in [2.24, 2.45) is 20.0 Å². The minimum Gasteiger partial charge on any atom is -0.381 e. The lowest BCUT2D eigenvalue weighted by atomic mass is 9.73. The molecular formula is C27H28ClN7O2. The summed E-state index contributed by atoms with van der Waals surface area (Å²) in [6.07, 6.45) is 3.62. The molecule has 10 heteroatoms. The van der Waals surface area contributed by atoms with Crippen molar-refractivity contribution in [1.82, 2.24) is 29.8 Å². The predicted molar refractivity (Wildman–Crippen MR) is 140 cm³/mol. The van der Waals surface area contributed by atoms with Crippen LogP contribution in [0.5, 0.6) is 0 Å². The van der Waals surface area contributed by atoms with Crippen LogP contribution in [0, 0.1) is 12.8 Å². The number of carbonyl (C=O) groups is 1. The highest BCUT2D eigenvalue weighted by Crippen LogP contribution is 2.52. The van der Waals surface area contributed by atoms with Crippen LogP contribution in [-0.2, 0) is 18.8 Å². The Morgan fingerprint density at radius 1 is 1.11 bits per heavy atom. The third kappa shape index (κ3) is 3.93. The van der Waals surface area contributed by atoms with Gasteiger partial charge in [-0.3, -0.25) is 14.5 Å². The average molecular weight is 518 g/mol. The van der Waals surface area contributed by atoms with E-state index in [4.69, 9.17) is 21.3 Å². The summed E-state index contributed by atoms with van der Waals surface area (Å²) >= 11 is 6.13. The first-order valence-corrected chi connectivity index (χ1v) is 12.9. The number of aryl methyl sites for hydroxylation is 3. The standard InChI is InChI=1S/C27H28ClN7O2/c1-15-25(35(3)33-31-15)18-9-12-29-24-21(18)30-22(20-23(27(28)36)32-34(2)26(20)24)19(16-7-5-4-6-8-16)17-10-13-37-14-11-17/h4-9,12,17,19,22,30H,10-11,13-14H2,1-3H3. The van der Waals surface area contributed by atoms with Crippen LogP contribution in [0.2, 0.25) is 0 Å². The Morgan fingerprint density at radius 2 is 1.86 bits per heavy atom. The molecule has 0 spiro atoms. The molecule has 0 radical (unpaired) electrons. The number of anilines is 1. The maximum atomic E-state index is 12.7. The van der Waals surface area contributed by atoms with Gasteiger partial charge in [-0.2, -0.15) is 5.10 Å². The van der Waals surface area contributed by atoms with Crippen molar-refractivity contribution in [2.75, 3.05) is 18.5 Å². The fourth-order valence-electron chi connectivity index (χ4n) is 6.06. The molecule has 1 N–H and O–H groups in total. The Morgan fingerprint density at radius 3 is 2.54 bits per heavy atom. The number of nitrogens with zero attached hydrogens (tertiary/aromatic N) is 6. The Balaban J connectivity index is 1.62. The summed E-state index contributed by atoms with van der Waals surface area (Å²) < 4.78 is 9.23. The summed E-state index contributed by atoms with van der Waals surface area (Å²) in [5, 5.41) is 16.4. The first kappa shape index (κ1) is 23.8. The predicted octanol–water partition coefficient (Wildman–Crippen LogP) is 4.64. The largest absolute Gasteiger partial charge is 0.381 e. The number of fused-ring (bicyclic) bond motifs is 3. The van der Waals surface area contributed by atoms with Crippen molar-refractivity contribution in [1.29, 1.82) is 0 Å². The summed E-state index contributed by atoms with van der Waals surface area (Å²) in [5.41, 5.74) is 7.33. The van der Waals surface area contributed by atoms with Crippen molar-refractivity contribution < 1.29 is 9.53 Å². The summed E-state index contributed by atoms with van der Waals surface area (Å²) in [7, 11) is 3.72. The molecular weight excluding hydrogens is 490 g/mol. The van der Waals surface area contributed by atoms with E-state index in [0.717, 1.165) is 52.4 Å².